The second-order valence-electron chi connectivity index (χ2n) is 7.51. The molecule has 1 aromatic heterocycles. The Morgan fingerprint density at radius 1 is 1.09 bits per heavy atom. The number of sulfone groups is 1. The van der Waals surface area contributed by atoms with E-state index in [2.05, 4.69) is 20.9 Å². The quantitative estimate of drug-likeness (QED) is 0.470. The Kier molecular flexibility index (Phi) is 7.53. The lowest BCUT2D eigenvalue weighted by molar-refractivity contribution is 0.0571. The second kappa shape index (κ2) is 9.97. The van der Waals surface area contributed by atoms with Gasteiger partial charge in [0.25, 0.3) is 5.56 Å². The summed E-state index contributed by atoms with van der Waals surface area (Å²) in [6, 6.07) is 14.7. The molecule has 1 unspecified atom stereocenters. The summed E-state index contributed by atoms with van der Waals surface area (Å²) in [5.41, 5.74) is -0.180. The Morgan fingerprint density at radius 3 is 2.28 bits per heavy atom. The molecule has 2 aromatic carbocycles. The highest BCUT2D eigenvalue weighted by molar-refractivity contribution is 9.10. The van der Waals surface area contributed by atoms with Crippen LogP contribution < -0.4 is 5.56 Å². The number of nitrogens with zero attached hydrogens (tertiary/aromatic N) is 2. The van der Waals surface area contributed by atoms with Crippen molar-refractivity contribution in [3.63, 3.8) is 0 Å². The van der Waals surface area contributed by atoms with Crippen LogP contribution in [0.15, 0.2) is 73.7 Å². The van der Waals surface area contributed by atoms with Gasteiger partial charge in [0.15, 0.2) is 4.90 Å². The molecule has 9 heteroatoms. The van der Waals surface area contributed by atoms with E-state index < -0.39 is 32.2 Å². The number of rotatable bonds is 8. The number of halogens is 1. The lowest BCUT2D eigenvalue weighted by atomic mass is 10.0. The third-order valence-electron chi connectivity index (χ3n) is 4.96. The molecule has 170 valence electrons. The van der Waals surface area contributed by atoms with Gasteiger partial charge in [0.05, 0.1) is 17.0 Å². The third-order valence-corrected chi connectivity index (χ3v) is 7.27. The van der Waals surface area contributed by atoms with E-state index in [1.165, 1.54) is 16.7 Å². The molecule has 0 saturated heterocycles. The van der Waals surface area contributed by atoms with Crippen molar-refractivity contribution in [2.45, 2.75) is 55.7 Å². The van der Waals surface area contributed by atoms with Crippen molar-refractivity contribution in [3.8, 4) is 5.88 Å². The largest absolute Gasteiger partial charge is 0.493 e. The van der Waals surface area contributed by atoms with Crippen molar-refractivity contribution in [2.75, 3.05) is 0 Å². The third kappa shape index (κ3) is 4.95. The molecule has 0 fully saturated rings. The molecule has 1 heterocycles. The summed E-state index contributed by atoms with van der Waals surface area (Å²) in [5, 5.41) is 11.2. The lowest BCUT2D eigenvalue weighted by Gasteiger charge is -2.25. The van der Waals surface area contributed by atoms with E-state index in [1.54, 1.807) is 12.1 Å². The highest BCUT2D eigenvalue weighted by Crippen LogP contribution is 2.33. The Hall–Kier alpha value is -2.49. The van der Waals surface area contributed by atoms with E-state index in [9.17, 15) is 18.3 Å². The van der Waals surface area contributed by atoms with Crippen molar-refractivity contribution < 1.29 is 18.3 Å². The number of ether oxygens (including phenoxy) is 1. The highest BCUT2D eigenvalue weighted by atomic mass is 79.9. The van der Waals surface area contributed by atoms with Gasteiger partial charge in [0, 0.05) is 4.47 Å². The molecule has 1 N–H and O–H groups in total. The van der Waals surface area contributed by atoms with E-state index >= 15 is 0 Å². The first kappa shape index (κ1) is 24.2. The number of hydrogen-bond donors (Lipinski definition) is 1. The van der Waals surface area contributed by atoms with Crippen LogP contribution in [-0.2, 0) is 21.2 Å². The number of aromatic nitrogens is 2. The molecule has 0 spiro atoms. The van der Waals surface area contributed by atoms with E-state index in [-0.39, 0.29) is 23.4 Å². The van der Waals surface area contributed by atoms with Gasteiger partial charge in [-0.05, 0) is 50.1 Å². The molecule has 0 aliphatic rings. The molecule has 3 rings (SSSR count). The van der Waals surface area contributed by atoms with Gasteiger partial charge in [-0.1, -0.05) is 53.2 Å². The van der Waals surface area contributed by atoms with Crippen LogP contribution in [0, 0.1) is 0 Å². The zero-order chi connectivity index (χ0) is 23.5. The maximum absolute atomic E-state index is 13.3. The molecule has 7 nitrogen and oxygen atoms in total. The van der Waals surface area contributed by atoms with Crippen LogP contribution in [0.25, 0.3) is 0 Å². The number of aromatic hydroxyl groups is 1. The predicted molar refractivity (Wildman–Crippen MR) is 125 cm³/mol. The van der Waals surface area contributed by atoms with E-state index in [0.717, 1.165) is 5.56 Å². The van der Waals surface area contributed by atoms with Gasteiger partial charge >= 0.3 is 0 Å². The van der Waals surface area contributed by atoms with Crippen LogP contribution in [0.3, 0.4) is 0 Å². The summed E-state index contributed by atoms with van der Waals surface area (Å²) in [6.07, 6.45) is 0.375. The van der Waals surface area contributed by atoms with Gasteiger partial charge in [-0.3, -0.25) is 9.36 Å². The Bertz CT molecular complexity index is 1240. The van der Waals surface area contributed by atoms with Crippen LogP contribution in [0.2, 0.25) is 0 Å². The maximum atomic E-state index is 13.3. The van der Waals surface area contributed by atoms with Crippen molar-refractivity contribution in [3.05, 3.63) is 80.8 Å². The summed E-state index contributed by atoms with van der Waals surface area (Å²) in [7, 11) is -4.32. The van der Waals surface area contributed by atoms with Crippen LogP contribution in [-0.4, -0.2) is 29.2 Å². The van der Waals surface area contributed by atoms with Crippen LogP contribution in [0.1, 0.15) is 44.6 Å². The monoisotopic (exact) mass is 520 g/mol. The lowest BCUT2D eigenvalue weighted by Crippen LogP contribution is -2.28. The summed E-state index contributed by atoms with van der Waals surface area (Å²) >= 11 is 3.27. The van der Waals surface area contributed by atoms with Gasteiger partial charge < -0.3 is 9.84 Å². The first-order valence-electron chi connectivity index (χ1n) is 10.2. The first-order chi connectivity index (χ1) is 15.2. The second-order valence-corrected chi connectivity index (χ2v) is 10.3. The predicted octanol–water partition coefficient (Wildman–Crippen LogP) is 4.47. The zero-order valence-electron chi connectivity index (χ0n) is 18.0. The fraction of sp³-hybridized carbons (Fsp3) is 0.304. The molecule has 0 amide bonds. The van der Waals surface area contributed by atoms with E-state index in [0.29, 0.717) is 10.9 Å². The molecule has 3 aromatic rings. The summed E-state index contributed by atoms with van der Waals surface area (Å²) in [5.74, 6) is -0.488. The van der Waals surface area contributed by atoms with E-state index in [1.807, 2.05) is 51.1 Å². The minimum atomic E-state index is -4.32. The fourth-order valence-corrected chi connectivity index (χ4v) is 5.04. The van der Waals surface area contributed by atoms with E-state index in [4.69, 9.17) is 4.74 Å². The molecular weight excluding hydrogens is 496 g/mol. The summed E-state index contributed by atoms with van der Waals surface area (Å²) in [6.45, 7) is 5.53. The van der Waals surface area contributed by atoms with Crippen molar-refractivity contribution in [2.24, 2.45) is 0 Å². The Balaban J connectivity index is 2.28. The average Bonchev–Trinajstić information content (AvgIpc) is 2.75. The van der Waals surface area contributed by atoms with Gasteiger partial charge in [0.2, 0.25) is 15.7 Å². The van der Waals surface area contributed by atoms with Gasteiger partial charge in [0.1, 0.15) is 12.4 Å². The molecule has 1 atom stereocenters. The van der Waals surface area contributed by atoms with Crippen LogP contribution in [0.4, 0.5) is 0 Å². The normalized spacial score (nSPS) is 12.8. The van der Waals surface area contributed by atoms with Crippen LogP contribution in [0.5, 0.6) is 5.88 Å². The van der Waals surface area contributed by atoms with Crippen molar-refractivity contribution >= 4 is 25.8 Å². The van der Waals surface area contributed by atoms with Gasteiger partial charge in [-0.25, -0.2) is 8.42 Å². The number of benzene rings is 2. The molecule has 0 bridgehead atoms. The molecule has 32 heavy (non-hydrogen) atoms. The summed E-state index contributed by atoms with van der Waals surface area (Å²) < 4.78 is 34.3. The summed E-state index contributed by atoms with van der Waals surface area (Å²) in [4.78, 5) is 16.0. The van der Waals surface area contributed by atoms with Gasteiger partial charge in [-0.2, -0.15) is 4.98 Å². The molecule has 0 aliphatic carbocycles. The maximum Gasteiger partial charge on any atom is 0.296 e. The minimum Gasteiger partial charge on any atom is -0.493 e. The fourth-order valence-electron chi connectivity index (χ4n) is 3.43. The number of hydrogen-bond acceptors (Lipinski definition) is 6. The molecule has 0 radical (unpaired) electrons. The molecule has 0 saturated carbocycles. The SMILES string of the molecule is CCC(c1ccccc1)n1c(COC(C)C)nc(=O)c(S(=O)(=O)c2ccc(Br)cc2)c1O. The molecule has 0 aliphatic heterocycles. The van der Waals surface area contributed by atoms with Crippen LogP contribution >= 0.6 is 15.9 Å². The average molecular weight is 521 g/mol. The molecular formula is C23H25BrN2O5S. The van der Waals surface area contributed by atoms with Crippen molar-refractivity contribution in [1.82, 2.24) is 9.55 Å². The van der Waals surface area contributed by atoms with Crippen molar-refractivity contribution in [1.29, 1.82) is 0 Å². The first-order valence-corrected chi connectivity index (χ1v) is 12.5. The zero-order valence-corrected chi connectivity index (χ0v) is 20.4. The minimum absolute atomic E-state index is 0.0532. The van der Waals surface area contributed by atoms with Gasteiger partial charge in [-0.15, -0.1) is 0 Å². The highest BCUT2D eigenvalue weighted by Gasteiger charge is 2.32. The Labute approximate surface area is 195 Å². The Morgan fingerprint density at radius 2 is 1.72 bits per heavy atom. The topological polar surface area (TPSA) is 98.5 Å². The standard InChI is InChI=1S/C23H25BrN2O5S/c1-4-19(16-8-6-5-7-9-16)26-20(14-31-15(2)3)25-22(27)21(23(26)28)32(29,30)18-12-10-17(24)11-13-18/h5-13,15,19,28H,4,14H2,1-3H3. The smallest absolute Gasteiger partial charge is 0.296 e.